The molecule has 0 radical (unpaired) electrons. The minimum Gasteiger partial charge on any atom is -0.329 e. The first-order chi connectivity index (χ1) is 10.1. The summed E-state index contributed by atoms with van der Waals surface area (Å²) >= 11 is 1.82. The minimum atomic E-state index is 0.948. The molecule has 0 atom stereocenters. The lowest BCUT2D eigenvalue weighted by molar-refractivity contribution is 0.609. The maximum absolute atomic E-state index is 4.50. The molecule has 4 heteroatoms. The molecule has 0 amide bonds. The highest BCUT2D eigenvalue weighted by atomic mass is 32.1. The first-order valence-corrected chi connectivity index (χ1v) is 8.19. The lowest BCUT2D eigenvalue weighted by atomic mass is 10.1. The smallest absolute Gasteiger partial charge is 0.0958 e. The number of imidazole rings is 1. The van der Waals surface area contributed by atoms with Crippen LogP contribution in [0.2, 0.25) is 0 Å². The quantitative estimate of drug-likeness (QED) is 0.726. The summed E-state index contributed by atoms with van der Waals surface area (Å²) in [5, 5.41) is 5.67. The van der Waals surface area contributed by atoms with Crippen LogP contribution in [0.4, 0.5) is 0 Å². The van der Waals surface area contributed by atoms with E-state index in [1.54, 1.807) is 0 Å². The van der Waals surface area contributed by atoms with Gasteiger partial charge in [0.1, 0.15) is 0 Å². The number of nitrogens with zero attached hydrogens (tertiary/aromatic N) is 2. The highest BCUT2D eigenvalue weighted by Gasteiger charge is 2.05. The zero-order valence-corrected chi connectivity index (χ0v) is 13.6. The fourth-order valence-corrected chi connectivity index (χ4v) is 3.35. The number of benzene rings is 1. The van der Waals surface area contributed by atoms with Crippen molar-refractivity contribution in [1.82, 2.24) is 14.9 Å². The van der Waals surface area contributed by atoms with Crippen molar-refractivity contribution in [2.24, 2.45) is 0 Å². The van der Waals surface area contributed by atoms with Gasteiger partial charge < -0.3 is 9.88 Å². The first-order valence-electron chi connectivity index (χ1n) is 7.31. The van der Waals surface area contributed by atoms with Crippen LogP contribution < -0.4 is 5.32 Å². The van der Waals surface area contributed by atoms with Crippen LogP contribution in [0.5, 0.6) is 0 Å². The molecule has 0 spiro atoms. The molecule has 0 aliphatic rings. The number of aryl methyl sites for hydroxylation is 3. The molecule has 2 aromatic heterocycles. The van der Waals surface area contributed by atoms with Crippen LogP contribution in [-0.2, 0) is 13.1 Å². The fraction of sp³-hybridized carbons (Fsp3) is 0.353. The van der Waals surface area contributed by atoms with E-state index in [9.17, 15) is 0 Å². The van der Waals surface area contributed by atoms with Crippen LogP contribution in [0.3, 0.4) is 0 Å². The van der Waals surface area contributed by atoms with Gasteiger partial charge in [0.15, 0.2) is 0 Å². The molecule has 2 heterocycles. The minimum absolute atomic E-state index is 0.948. The van der Waals surface area contributed by atoms with Crippen molar-refractivity contribution in [1.29, 1.82) is 0 Å². The van der Waals surface area contributed by atoms with E-state index in [-0.39, 0.29) is 0 Å². The van der Waals surface area contributed by atoms with E-state index in [4.69, 9.17) is 0 Å². The average Bonchev–Trinajstić information content (AvgIpc) is 3.03. The third kappa shape index (κ3) is 3.01. The molecule has 0 aliphatic carbocycles. The van der Waals surface area contributed by atoms with E-state index in [1.165, 1.54) is 27.1 Å². The summed E-state index contributed by atoms with van der Waals surface area (Å²) < 4.78 is 2.23. The Bertz CT molecular complexity index is 755. The third-order valence-electron chi connectivity index (χ3n) is 4.02. The van der Waals surface area contributed by atoms with Crippen LogP contribution in [0, 0.1) is 20.8 Å². The monoisotopic (exact) mass is 299 g/mol. The number of fused-ring (bicyclic) bond motifs is 1. The Labute approximate surface area is 129 Å². The van der Waals surface area contributed by atoms with E-state index in [2.05, 4.69) is 59.2 Å². The van der Waals surface area contributed by atoms with E-state index < -0.39 is 0 Å². The maximum atomic E-state index is 4.50. The molecular formula is C17H21N3S. The van der Waals surface area contributed by atoms with Gasteiger partial charge in [0.25, 0.3) is 0 Å². The molecule has 0 aliphatic heterocycles. The first kappa shape index (κ1) is 14.3. The van der Waals surface area contributed by atoms with Crippen molar-refractivity contribution in [3.8, 4) is 0 Å². The summed E-state index contributed by atoms with van der Waals surface area (Å²) in [6.07, 6.45) is 1.95. The average molecular weight is 299 g/mol. The Hall–Kier alpha value is -1.65. The number of hydrogen-bond donors (Lipinski definition) is 1. The summed E-state index contributed by atoms with van der Waals surface area (Å²) in [6.45, 7) is 9.32. The van der Waals surface area contributed by atoms with Crippen molar-refractivity contribution in [2.45, 2.75) is 33.9 Å². The van der Waals surface area contributed by atoms with E-state index in [0.717, 1.165) is 25.2 Å². The molecule has 1 N–H and O–H groups in total. The van der Waals surface area contributed by atoms with Crippen LogP contribution in [-0.4, -0.2) is 16.1 Å². The van der Waals surface area contributed by atoms with Gasteiger partial charge >= 0.3 is 0 Å². The number of thiophene rings is 1. The molecule has 3 rings (SSSR count). The molecule has 110 valence electrons. The number of rotatable bonds is 5. The van der Waals surface area contributed by atoms with Gasteiger partial charge in [-0.15, -0.1) is 11.3 Å². The number of nitrogens with one attached hydrogen (secondary N) is 1. The summed E-state index contributed by atoms with van der Waals surface area (Å²) in [5.74, 6) is 0. The SMILES string of the molecule is Cc1cc2ncn(CCNCc3sccc3C)c2cc1C. The fourth-order valence-electron chi connectivity index (χ4n) is 2.48. The van der Waals surface area contributed by atoms with E-state index in [1.807, 2.05) is 17.7 Å². The standard InChI is InChI=1S/C17H21N3S/c1-12-4-7-21-17(12)10-18-5-6-20-11-19-15-8-13(2)14(3)9-16(15)20/h4,7-9,11,18H,5-6,10H2,1-3H3. The number of aromatic nitrogens is 2. The molecule has 0 fully saturated rings. The Morgan fingerprint density at radius 2 is 1.95 bits per heavy atom. The van der Waals surface area contributed by atoms with Gasteiger partial charge in [-0.1, -0.05) is 0 Å². The summed E-state index contributed by atoms with van der Waals surface area (Å²) in [5.41, 5.74) is 6.33. The van der Waals surface area contributed by atoms with Crippen LogP contribution >= 0.6 is 11.3 Å². The Balaban J connectivity index is 1.63. The molecule has 0 unspecified atom stereocenters. The lowest BCUT2D eigenvalue weighted by Gasteiger charge is -2.07. The van der Waals surface area contributed by atoms with Gasteiger partial charge in [-0.05, 0) is 61.0 Å². The number of hydrogen-bond acceptors (Lipinski definition) is 3. The van der Waals surface area contributed by atoms with Crippen LogP contribution in [0.15, 0.2) is 29.9 Å². The second-order valence-corrected chi connectivity index (χ2v) is 6.57. The zero-order chi connectivity index (χ0) is 14.8. The van der Waals surface area contributed by atoms with Gasteiger partial charge in [-0.25, -0.2) is 4.98 Å². The molecule has 3 nitrogen and oxygen atoms in total. The van der Waals surface area contributed by atoms with Gasteiger partial charge in [-0.2, -0.15) is 0 Å². The van der Waals surface area contributed by atoms with Crippen molar-refractivity contribution < 1.29 is 0 Å². The largest absolute Gasteiger partial charge is 0.329 e. The highest BCUT2D eigenvalue weighted by molar-refractivity contribution is 7.10. The lowest BCUT2D eigenvalue weighted by Crippen LogP contribution is -2.19. The highest BCUT2D eigenvalue weighted by Crippen LogP contribution is 2.18. The maximum Gasteiger partial charge on any atom is 0.0958 e. The van der Waals surface area contributed by atoms with Crippen molar-refractivity contribution in [2.75, 3.05) is 6.54 Å². The van der Waals surface area contributed by atoms with Gasteiger partial charge in [0, 0.05) is 24.5 Å². The Kier molecular flexibility index (Phi) is 4.08. The summed E-state index contributed by atoms with van der Waals surface area (Å²) in [4.78, 5) is 5.93. The van der Waals surface area contributed by atoms with Gasteiger partial charge in [0.05, 0.1) is 17.4 Å². The second-order valence-electron chi connectivity index (χ2n) is 5.57. The zero-order valence-electron chi connectivity index (χ0n) is 12.8. The summed E-state index contributed by atoms with van der Waals surface area (Å²) in [7, 11) is 0. The molecular weight excluding hydrogens is 278 g/mol. The topological polar surface area (TPSA) is 29.9 Å². The Morgan fingerprint density at radius 3 is 2.71 bits per heavy atom. The Morgan fingerprint density at radius 1 is 1.14 bits per heavy atom. The molecule has 0 saturated carbocycles. The third-order valence-corrected chi connectivity index (χ3v) is 5.04. The van der Waals surface area contributed by atoms with Crippen molar-refractivity contribution in [3.05, 3.63) is 51.5 Å². The predicted molar refractivity (Wildman–Crippen MR) is 90.0 cm³/mol. The van der Waals surface area contributed by atoms with Crippen LogP contribution in [0.1, 0.15) is 21.6 Å². The normalized spacial score (nSPS) is 11.4. The molecule has 0 saturated heterocycles. The van der Waals surface area contributed by atoms with Gasteiger partial charge in [-0.3, -0.25) is 0 Å². The van der Waals surface area contributed by atoms with Crippen LogP contribution in [0.25, 0.3) is 11.0 Å². The second kappa shape index (κ2) is 6.00. The molecule has 3 aromatic rings. The van der Waals surface area contributed by atoms with E-state index in [0.29, 0.717) is 0 Å². The van der Waals surface area contributed by atoms with Crippen molar-refractivity contribution in [3.63, 3.8) is 0 Å². The summed E-state index contributed by atoms with van der Waals surface area (Å²) in [6, 6.07) is 6.58. The molecule has 1 aromatic carbocycles. The van der Waals surface area contributed by atoms with Crippen molar-refractivity contribution >= 4 is 22.4 Å². The van der Waals surface area contributed by atoms with E-state index >= 15 is 0 Å². The molecule has 0 bridgehead atoms. The van der Waals surface area contributed by atoms with Gasteiger partial charge in [0.2, 0.25) is 0 Å². The predicted octanol–water partition coefficient (Wildman–Crippen LogP) is 3.81. The molecule has 21 heavy (non-hydrogen) atoms.